The van der Waals surface area contributed by atoms with Crippen LogP contribution in [0.3, 0.4) is 0 Å². The van der Waals surface area contributed by atoms with Crippen molar-refractivity contribution in [3.8, 4) is 0 Å². The van der Waals surface area contributed by atoms with E-state index >= 15 is 0 Å². The maximum absolute atomic E-state index is 11.3. The van der Waals surface area contributed by atoms with Crippen LogP contribution in [0, 0.1) is 0 Å². The van der Waals surface area contributed by atoms with Crippen LogP contribution in [0.2, 0.25) is 0 Å². The van der Waals surface area contributed by atoms with Gasteiger partial charge in [-0.25, -0.2) is 4.79 Å². The molecule has 6 nitrogen and oxygen atoms in total. The van der Waals surface area contributed by atoms with E-state index in [0.29, 0.717) is 16.8 Å². The third kappa shape index (κ3) is 1.73. The molecular weight excluding hydrogens is 224 g/mol. The van der Waals surface area contributed by atoms with E-state index in [9.17, 15) is 14.4 Å². The second-order valence-electron chi connectivity index (χ2n) is 3.59. The smallest absolute Gasteiger partial charge is 0.408 e. The number of benzene rings is 1. The van der Waals surface area contributed by atoms with E-state index in [1.54, 1.807) is 25.2 Å². The Morgan fingerprint density at radius 3 is 2.82 bits per heavy atom. The Morgan fingerprint density at radius 1 is 1.47 bits per heavy atom. The minimum Gasteiger partial charge on any atom is -0.408 e. The van der Waals surface area contributed by atoms with Crippen LogP contribution >= 0.6 is 0 Å². The van der Waals surface area contributed by atoms with Crippen LogP contribution in [0.15, 0.2) is 27.4 Å². The summed E-state index contributed by atoms with van der Waals surface area (Å²) in [6, 6.07) is 4.80. The minimum absolute atomic E-state index is 0.235. The van der Waals surface area contributed by atoms with Gasteiger partial charge in [-0.2, -0.15) is 0 Å². The van der Waals surface area contributed by atoms with Crippen molar-refractivity contribution in [2.75, 3.05) is 11.9 Å². The molecule has 1 heterocycles. The summed E-state index contributed by atoms with van der Waals surface area (Å²) in [5, 5.41) is 0. The van der Waals surface area contributed by atoms with Crippen molar-refractivity contribution < 1.29 is 14.0 Å². The standard InChI is InChI=1S/C11H10N2O4/c1-12(10(15)6-14)7-3-4-9-8(5-7)13(2)11(16)17-9/h3-6H,1-2H3. The van der Waals surface area contributed by atoms with Gasteiger partial charge in [0.25, 0.3) is 5.91 Å². The number of aryl methyl sites for hydroxylation is 1. The highest BCUT2D eigenvalue weighted by Crippen LogP contribution is 2.20. The molecule has 0 aliphatic carbocycles. The molecule has 0 bridgehead atoms. The molecule has 0 atom stereocenters. The molecule has 0 fully saturated rings. The summed E-state index contributed by atoms with van der Waals surface area (Å²) in [5.74, 6) is -1.13. The van der Waals surface area contributed by atoms with Crippen molar-refractivity contribution in [3.05, 3.63) is 28.7 Å². The summed E-state index contributed by atoms with van der Waals surface area (Å²) in [4.78, 5) is 34.1. The molecule has 1 amide bonds. The SMILES string of the molecule is CN(C(=O)C=O)c1ccc2oc(=O)n(C)c2c1. The molecular formula is C11H10N2O4. The Morgan fingerprint density at radius 2 is 2.18 bits per heavy atom. The Bertz CT molecular complexity index is 653. The van der Waals surface area contributed by atoms with E-state index < -0.39 is 11.7 Å². The predicted molar refractivity (Wildman–Crippen MR) is 60.9 cm³/mol. The third-order valence-electron chi connectivity index (χ3n) is 2.59. The van der Waals surface area contributed by atoms with Crippen molar-refractivity contribution in [1.29, 1.82) is 0 Å². The van der Waals surface area contributed by atoms with Gasteiger partial charge in [0.05, 0.1) is 5.52 Å². The zero-order valence-electron chi connectivity index (χ0n) is 9.34. The van der Waals surface area contributed by atoms with Crippen LogP contribution in [0.1, 0.15) is 0 Å². The number of hydrogen-bond acceptors (Lipinski definition) is 4. The first-order chi connectivity index (χ1) is 8.04. The molecule has 2 rings (SSSR count). The van der Waals surface area contributed by atoms with E-state index in [4.69, 9.17) is 4.42 Å². The van der Waals surface area contributed by atoms with Crippen LogP contribution in [-0.2, 0) is 16.6 Å². The van der Waals surface area contributed by atoms with Gasteiger partial charge in [-0.1, -0.05) is 0 Å². The number of likely N-dealkylation sites (N-methyl/N-ethyl adjacent to an activating group) is 1. The van der Waals surface area contributed by atoms with Crippen LogP contribution < -0.4 is 10.7 Å². The highest BCUT2D eigenvalue weighted by Gasteiger charge is 2.12. The summed E-state index contributed by atoms with van der Waals surface area (Å²) < 4.78 is 6.29. The minimum atomic E-state index is -0.655. The maximum Gasteiger partial charge on any atom is 0.419 e. The Labute approximate surface area is 96.0 Å². The number of oxazole rings is 1. The van der Waals surface area contributed by atoms with E-state index in [1.165, 1.54) is 16.5 Å². The molecule has 0 spiro atoms. The largest absolute Gasteiger partial charge is 0.419 e. The highest BCUT2D eigenvalue weighted by molar-refractivity contribution is 6.30. The van der Waals surface area contributed by atoms with Crippen molar-refractivity contribution >= 4 is 29.0 Å². The van der Waals surface area contributed by atoms with Crippen LogP contribution in [-0.4, -0.2) is 23.8 Å². The number of aromatic nitrogens is 1. The van der Waals surface area contributed by atoms with Crippen LogP contribution in [0.4, 0.5) is 5.69 Å². The molecule has 0 unspecified atom stereocenters. The van der Waals surface area contributed by atoms with Gasteiger partial charge in [-0.3, -0.25) is 14.2 Å². The van der Waals surface area contributed by atoms with Gasteiger partial charge in [0, 0.05) is 19.8 Å². The van der Waals surface area contributed by atoms with E-state index in [2.05, 4.69) is 0 Å². The summed E-state index contributed by atoms with van der Waals surface area (Å²) in [6.45, 7) is 0. The van der Waals surface area contributed by atoms with Crippen molar-refractivity contribution in [3.63, 3.8) is 0 Å². The quantitative estimate of drug-likeness (QED) is 0.553. The number of aldehydes is 1. The van der Waals surface area contributed by atoms with Crippen LogP contribution in [0.5, 0.6) is 0 Å². The number of rotatable bonds is 2. The number of hydrogen-bond donors (Lipinski definition) is 0. The first-order valence-electron chi connectivity index (χ1n) is 4.87. The molecule has 2 aromatic rings. The first-order valence-corrected chi connectivity index (χ1v) is 4.87. The third-order valence-corrected chi connectivity index (χ3v) is 2.59. The number of anilines is 1. The van der Waals surface area contributed by atoms with E-state index in [0.717, 1.165) is 0 Å². The maximum atomic E-state index is 11.3. The van der Waals surface area contributed by atoms with Crippen molar-refractivity contribution in [1.82, 2.24) is 4.57 Å². The van der Waals surface area contributed by atoms with Gasteiger partial charge in [-0.15, -0.1) is 0 Å². The molecule has 0 radical (unpaired) electrons. The molecule has 0 saturated heterocycles. The fourth-order valence-corrected chi connectivity index (χ4v) is 1.53. The first kappa shape index (κ1) is 11.1. The van der Waals surface area contributed by atoms with Gasteiger partial charge in [0.2, 0.25) is 6.29 Å². The Balaban J connectivity index is 2.58. The van der Waals surface area contributed by atoms with E-state index in [-0.39, 0.29) is 6.29 Å². The lowest BCUT2D eigenvalue weighted by Gasteiger charge is -2.13. The molecule has 1 aromatic carbocycles. The number of amides is 1. The number of carbonyl (C=O) groups is 2. The molecule has 88 valence electrons. The lowest BCUT2D eigenvalue weighted by molar-refractivity contribution is -0.129. The normalized spacial score (nSPS) is 10.5. The Kier molecular flexibility index (Phi) is 2.55. The average Bonchev–Trinajstić information content (AvgIpc) is 2.63. The molecule has 0 N–H and O–H groups in total. The predicted octanol–water partition coefficient (Wildman–Crippen LogP) is 0.293. The van der Waals surface area contributed by atoms with E-state index in [1.807, 2.05) is 0 Å². The number of fused-ring (bicyclic) bond motifs is 1. The molecule has 0 aliphatic rings. The fraction of sp³-hybridized carbons (Fsp3) is 0.182. The summed E-state index contributed by atoms with van der Waals surface area (Å²) in [6.07, 6.45) is 0.235. The molecule has 17 heavy (non-hydrogen) atoms. The summed E-state index contributed by atoms with van der Waals surface area (Å²) in [7, 11) is 3.05. The summed E-state index contributed by atoms with van der Waals surface area (Å²) >= 11 is 0. The second-order valence-corrected chi connectivity index (χ2v) is 3.59. The topological polar surface area (TPSA) is 72.5 Å². The number of nitrogens with zero attached hydrogens (tertiary/aromatic N) is 2. The zero-order chi connectivity index (χ0) is 12.6. The molecule has 0 saturated carbocycles. The zero-order valence-corrected chi connectivity index (χ0v) is 9.34. The lowest BCUT2D eigenvalue weighted by Crippen LogP contribution is -2.26. The van der Waals surface area contributed by atoms with Crippen molar-refractivity contribution in [2.45, 2.75) is 0 Å². The fourth-order valence-electron chi connectivity index (χ4n) is 1.53. The highest BCUT2D eigenvalue weighted by atomic mass is 16.4. The van der Waals surface area contributed by atoms with Crippen LogP contribution in [0.25, 0.3) is 11.1 Å². The lowest BCUT2D eigenvalue weighted by atomic mass is 10.2. The second kappa shape index (κ2) is 3.89. The molecule has 6 heteroatoms. The number of carbonyl (C=O) groups excluding carboxylic acids is 2. The monoisotopic (exact) mass is 234 g/mol. The molecule has 0 aliphatic heterocycles. The van der Waals surface area contributed by atoms with Crippen molar-refractivity contribution in [2.24, 2.45) is 7.05 Å². The van der Waals surface area contributed by atoms with Gasteiger partial charge < -0.3 is 9.32 Å². The van der Waals surface area contributed by atoms with Gasteiger partial charge in [-0.05, 0) is 18.2 Å². The Hall–Kier alpha value is -2.37. The van der Waals surface area contributed by atoms with Gasteiger partial charge in [0.15, 0.2) is 5.58 Å². The molecule has 1 aromatic heterocycles. The van der Waals surface area contributed by atoms with Gasteiger partial charge >= 0.3 is 5.76 Å². The van der Waals surface area contributed by atoms with Gasteiger partial charge in [0.1, 0.15) is 0 Å². The average molecular weight is 234 g/mol. The summed E-state index contributed by atoms with van der Waals surface area (Å²) in [5.41, 5.74) is 1.53.